The van der Waals surface area contributed by atoms with Crippen LogP contribution in [0.5, 0.6) is 5.75 Å². The molecule has 6 unspecified atom stereocenters. The summed E-state index contributed by atoms with van der Waals surface area (Å²) in [6, 6.07) is 6.42. The van der Waals surface area contributed by atoms with E-state index in [1.165, 1.54) is 18.2 Å². The number of alkyl halides is 3. The molecule has 4 amide bonds. The Bertz CT molecular complexity index is 1590. The van der Waals surface area contributed by atoms with Crippen LogP contribution in [0.4, 0.5) is 5.69 Å². The first-order valence-electron chi connectivity index (χ1n) is 12.5. The number of carboxylic acids is 1. The molecule has 0 radical (unpaired) electrons. The molecule has 3 fully saturated rings. The van der Waals surface area contributed by atoms with Crippen molar-refractivity contribution >= 4 is 74.4 Å². The summed E-state index contributed by atoms with van der Waals surface area (Å²) in [5.41, 5.74) is -0.0550. The van der Waals surface area contributed by atoms with Gasteiger partial charge in [0.25, 0.3) is 11.8 Å². The maximum absolute atomic E-state index is 13.9. The average Bonchev–Trinajstić information content (AvgIpc) is 3.54. The molecule has 0 spiro atoms. The van der Waals surface area contributed by atoms with Crippen LogP contribution in [0, 0.1) is 17.8 Å². The van der Waals surface area contributed by atoms with Gasteiger partial charge in [0, 0.05) is 6.07 Å². The van der Waals surface area contributed by atoms with Crippen molar-refractivity contribution < 1.29 is 43.7 Å². The molecule has 6 atom stereocenters. The van der Waals surface area contributed by atoms with E-state index in [2.05, 4.69) is 15.9 Å². The van der Waals surface area contributed by atoms with Crippen LogP contribution in [0.2, 0.25) is 0 Å². The summed E-state index contributed by atoms with van der Waals surface area (Å²) in [5.74, 6) is -8.04. The van der Waals surface area contributed by atoms with Gasteiger partial charge in [-0.15, -0.1) is 23.2 Å². The summed E-state index contributed by atoms with van der Waals surface area (Å²) >= 11 is 17.3. The van der Waals surface area contributed by atoms with Crippen LogP contribution in [-0.4, -0.2) is 65.0 Å². The van der Waals surface area contributed by atoms with Crippen molar-refractivity contribution in [3.63, 3.8) is 0 Å². The van der Waals surface area contributed by atoms with Gasteiger partial charge in [-0.1, -0.05) is 27.6 Å². The second-order valence-corrected chi connectivity index (χ2v) is 12.2. The van der Waals surface area contributed by atoms with Crippen molar-refractivity contribution in [2.45, 2.75) is 35.1 Å². The number of carbonyl (C=O) groups excluding carboxylic acids is 4. The van der Waals surface area contributed by atoms with Gasteiger partial charge in [-0.25, -0.2) is 9.69 Å². The highest BCUT2D eigenvalue weighted by molar-refractivity contribution is 9.09. The Hall–Kier alpha value is -3.19. The highest BCUT2D eigenvalue weighted by Crippen LogP contribution is 2.65. The first kappa shape index (κ1) is 28.0. The fourth-order valence-corrected chi connectivity index (χ4v) is 8.20. The summed E-state index contributed by atoms with van der Waals surface area (Å²) in [6.07, 6.45) is 1.61. The van der Waals surface area contributed by atoms with Crippen molar-refractivity contribution in [2.24, 2.45) is 17.8 Å². The van der Waals surface area contributed by atoms with Gasteiger partial charge < -0.3 is 19.7 Å². The lowest BCUT2D eigenvalue weighted by Crippen LogP contribution is -2.60. The number of likely N-dealkylation sites (tertiary alicyclic amines) is 1. The van der Waals surface area contributed by atoms with E-state index in [-0.39, 0.29) is 35.5 Å². The Morgan fingerprint density at radius 3 is 2.41 bits per heavy atom. The molecule has 3 N–H and O–H groups in total. The van der Waals surface area contributed by atoms with Gasteiger partial charge in [-0.05, 0) is 43.0 Å². The van der Waals surface area contributed by atoms with Crippen LogP contribution in [-0.2, 0) is 25.8 Å². The first-order chi connectivity index (χ1) is 19.4. The van der Waals surface area contributed by atoms with Gasteiger partial charge in [-0.2, -0.15) is 0 Å². The molecule has 3 heterocycles. The molecule has 2 aliphatic carbocycles. The van der Waals surface area contributed by atoms with E-state index >= 15 is 0 Å². The van der Waals surface area contributed by atoms with Crippen LogP contribution in [0.1, 0.15) is 40.6 Å². The number of aliphatic hydroxyl groups is 1. The molecule has 214 valence electrons. The highest BCUT2D eigenvalue weighted by atomic mass is 79.9. The van der Waals surface area contributed by atoms with Gasteiger partial charge in [0.1, 0.15) is 29.4 Å². The molecule has 2 aromatic rings. The number of hydrogen-bond acceptors (Lipinski definition) is 8. The molecule has 4 aliphatic rings. The minimum atomic E-state index is -2.02. The molecule has 1 saturated carbocycles. The van der Waals surface area contributed by atoms with E-state index in [4.69, 9.17) is 27.6 Å². The number of amides is 4. The Balaban J connectivity index is 1.47. The second-order valence-electron chi connectivity index (χ2n) is 10.5. The van der Waals surface area contributed by atoms with Crippen molar-refractivity contribution in [1.82, 2.24) is 4.90 Å². The van der Waals surface area contributed by atoms with Crippen LogP contribution < -0.4 is 4.90 Å². The standard InChI is InChI=1S/C27H21BrCl2N2O9/c28-10-31-24(39)26(29)8-16-13(20(27(26,30)25(31)40)18-6-2-12(9-33)41-18)4-5-15-19(16)22(36)32(21(15)35)11-1-3-14(23(37)38)17(34)7-11/h1-4,6-7,15-16,19-20,33-34H,5,8-10H2,(H,37,38). The number of allylic oxidation sites excluding steroid dienone is 2. The molecule has 0 bridgehead atoms. The van der Waals surface area contributed by atoms with Crippen molar-refractivity contribution in [3.05, 3.63) is 59.1 Å². The summed E-state index contributed by atoms with van der Waals surface area (Å²) in [7, 11) is 0. The molecule has 6 rings (SSSR count). The number of halogens is 3. The van der Waals surface area contributed by atoms with Crippen LogP contribution in [0.25, 0.3) is 0 Å². The number of anilines is 1. The lowest BCUT2D eigenvalue weighted by Gasteiger charge is -2.49. The topological polar surface area (TPSA) is 166 Å². The predicted octanol–water partition coefficient (Wildman–Crippen LogP) is 3.09. The monoisotopic (exact) mass is 666 g/mol. The van der Waals surface area contributed by atoms with Crippen LogP contribution in [0.15, 0.2) is 46.4 Å². The SMILES string of the molecule is O=C(O)c1ccc(N2C(=O)C3CC=C4C(CC5(Cl)C(=O)N(CBr)C(=O)C5(Cl)C4c4ccc(CO)o4)C3C2=O)cc1O. The molecule has 1 aromatic heterocycles. The smallest absolute Gasteiger partial charge is 0.339 e. The van der Waals surface area contributed by atoms with Gasteiger partial charge in [-0.3, -0.25) is 24.1 Å². The van der Waals surface area contributed by atoms with Crippen LogP contribution in [0.3, 0.4) is 0 Å². The van der Waals surface area contributed by atoms with E-state index in [0.717, 1.165) is 21.9 Å². The zero-order valence-electron chi connectivity index (χ0n) is 20.9. The Morgan fingerprint density at radius 2 is 1.80 bits per heavy atom. The van der Waals surface area contributed by atoms with E-state index in [0.29, 0.717) is 5.57 Å². The number of rotatable bonds is 5. The molecule has 11 nitrogen and oxygen atoms in total. The van der Waals surface area contributed by atoms with E-state index < -0.39 is 80.9 Å². The molecule has 14 heteroatoms. The minimum Gasteiger partial charge on any atom is -0.507 e. The van der Waals surface area contributed by atoms with Crippen molar-refractivity contribution in [1.29, 1.82) is 0 Å². The van der Waals surface area contributed by atoms with E-state index in [1.54, 1.807) is 6.08 Å². The third-order valence-corrected chi connectivity index (χ3v) is 10.5. The largest absolute Gasteiger partial charge is 0.507 e. The quantitative estimate of drug-likeness (QED) is 0.188. The van der Waals surface area contributed by atoms with E-state index in [1.807, 2.05) is 0 Å². The summed E-state index contributed by atoms with van der Waals surface area (Å²) in [4.78, 5) is 63.9. The minimum absolute atomic E-state index is 0.00528. The van der Waals surface area contributed by atoms with E-state index in [9.17, 15) is 39.3 Å². The zero-order valence-corrected chi connectivity index (χ0v) is 24.0. The van der Waals surface area contributed by atoms with Crippen molar-refractivity contribution in [2.75, 3.05) is 10.4 Å². The maximum atomic E-state index is 13.9. The Morgan fingerprint density at radius 1 is 1.07 bits per heavy atom. The second kappa shape index (κ2) is 9.41. The predicted molar refractivity (Wildman–Crippen MR) is 146 cm³/mol. The Kier molecular flexibility index (Phi) is 6.42. The fourth-order valence-electron chi connectivity index (χ4n) is 6.79. The average molecular weight is 668 g/mol. The maximum Gasteiger partial charge on any atom is 0.339 e. The number of carbonyl (C=O) groups is 5. The number of nitrogens with zero attached hydrogens (tertiary/aromatic N) is 2. The van der Waals surface area contributed by atoms with Crippen molar-refractivity contribution in [3.8, 4) is 5.75 Å². The molecule has 2 saturated heterocycles. The third kappa shape index (κ3) is 3.57. The molecule has 41 heavy (non-hydrogen) atoms. The number of imide groups is 2. The summed E-state index contributed by atoms with van der Waals surface area (Å²) < 4.78 is 5.82. The number of fused-ring (bicyclic) bond motifs is 4. The molecular weight excluding hydrogens is 647 g/mol. The summed E-state index contributed by atoms with van der Waals surface area (Å²) in [5, 5.41) is 29.1. The number of aromatic carboxylic acids is 1. The zero-order chi connectivity index (χ0) is 29.6. The summed E-state index contributed by atoms with van der Waals surface area (Å²) in [6.45, 7) is -0.433. The number of aliphatic hydroxyl groups excluding tert-OH is 1. The van der Waals surface area contributed by atoms with Gasteiger partial charge in [0.05, 0.1) is 28.9 Å². The molecular formula is C27H21BrCl2N2O9. The normalized spacial score (nSPS) is 32.6. The lowest BCUT2D eigenvalue weighted by atomic mass is 9.57. The lowest BCUT2D eigenvalue weighted by molar-refractivity contribution is -0.138. The highest BCUT2D eigenvalue weighted by Gasteiger charge is 2.76. The van der Waals surface area contributed by atoms with Crippen LogP contribution >= 0.6 is 39.1 Å². The number of aromatic hydroxyl groups is 1. The molecule has 2 aliphatic heterocycles. The number of phenols is 1. The first-order valence-corrected chi connectivity index (χ1v) is 14.4. The number of furan rings is 1. The number of carboxylic acid groups (broad SMARTS) is 1. The van der Waals surface area contributed by atoms with Gasteiger partial charge >= 0.3 is 5.97 Å². The van der Waals surface area contributed by atoms with Gasteiger partial charge in [0.2, 0.25) is 11.8 Å². The Labute approximate surface area is 250 Å². The third-order valence-electron chi connectivity index (χ3n) is 8.61. The molecule has 1 aromatic carbocycles. The number of hydrogen-bond donors (Lipinski definition) is 3. The number of benzene rings is 1. The van der Waals surface area contributed by atoms with Gasteiger partial charge in [0.15, 0.2) is 9.75 Å². The fraction of sp³-hybridized carbons (Fsp3) is 0.370.